The third-order valence-corrected chi connectivity index (χ3v) is 5.42. The summed E-state index contributed by atoms with van der Waals surface area (Å²) in [5.41, 5.74) is 0. The molecule has 0 aliphatic rings. The highest BCUT2D eigenvalue weighted by Gasteiger charge is 2.21. The van der Waals surface area contributed by atoms with Gasteiger partial charge in [0.2, 0.25) is 10.0 Å². The van der Waals surface area contributed by atoms with E-state index in [9.17, 15) is 13.2 Å². The number of carbonyl (C=O) groups is 1. The molecule has 2 aromatic rings. The normalized spacial score (nSPS) is 11.7. The van der Waals surface area contributed by atoms with E-state index in [2.05, 4.69) is 14.8 Å². The minimum absolute atomic E-state index is 0.000678. The zero-order valence-corrected chi connectivity index (χ0v) is 13.0. The fraction of sp³-hybridized carbons (Fsp3) is 0.364. The molecule has 2 heterocycles. The van der Waals surface area contributed by atoms with E-state index in [-0.39, 0.29) is 16.3 Å². The second kappa shape index (κ2) is 5.92. The van der Waals surface area contributed by atoms with Crippen molar-refractivity contribution in [2.24, 2.45) is 7.05 Å². The van der Waals surface area contributed by atoms with Crippen LogP contribution in [0.15, 0.2) is 17.3 Å². The molecule has 0 aliphatic carbocycles. The highest BCUT2D eigenvalue weighted by Crippen LogP contribution is 2.25. The van der Waals surface area contributed by atoms with Crippen LogP contribution >= 0.6 is 11.3 Å². The van der Waals surface area contributed by atoms with Crippen molar-refractivity contribution in [3.8, 4) is 0 Å². The largest absolute Gasteiger partial charge is 0.477 e. The number of aryl methyl sites for hydroxylation is 2. The fourth-order valence-electron chi connectivity index (χ4n) is 1.71. The molecule has 0 aromatic carbocycles. The van der Waals surface area contributed by atoms with Gasteiger partial charge in [0.15, 0.2) is 5.82 Å². The molecule has 0 saturated carbocycles. The molecule has 0 radical (unpaired) electrons. The Hall–Kier alpha value is -1.78. The van der Waals surface area contributed by atoms with Crippen molar-refractivity contribution in [3.05, 3.63) is 28.0 Å². The zero-order chi connectivity index (χ0) is 15.6. The number of hydrogen-bond donors (Lipinski definition) is 2. The van der Waals surface area contributed by atoms with Gasteiger partial charge >= 0.3 is 5.97 Å². The van der Waals surface area contributed by atoms with Crippen molar-refractivity contribution >= 4 is 27.3 Å². The zero-order valence-electron chi connectivity index (χ0n) is 11.4. The Morgan fingerprint density at radius 2 is 2.24 bits per heavy atom. The monoisotopic (exact) mass is 330 g/mol. The van der Waals surface area contributed by atoms with Gasteiger partial charge in [-0.25, -0.2) is 22.9 Å². The maximum absolute atomic E-state index is 12.1. The molecule has 2 aromatic heterocycles. The molecule has 10 heteroatoms. The lowest BCUT2D eigenvalue weighted by molar-refractivity contribution is 0.0702. The van der Waals surface area contributed by atoms with Crippen LogP contribution in [0.3, 0.4) is 0 Å². The molecular formula is C11H14N4O4S2. The number of hydrogen-bond acceptors (Lipinski definition) is 6. The molecule has 0 bridgehead atoms. The topological polar surface area (TPSA) is 114 Å². The van der Waals surface area contributed by atoms with Crippen molar-refractivity contribution in [3.63, 3.8) is 0 Å². The Morgan fingerprint density at radius 3 is 2.76 bits per heavy atom. The lowest BCUT2D eigenvalue weighted by Gasteiger charge is -2.04. The van der Waals surface area contributed by atoms with E-state index in [0.29, 0.717) is 17.1 Å². The second-order valence-electron chi connectivity index (χ2n) is 4.32. The number of thiophene rings is 1. The van der Waals surface area contributed by atoms with E-state index < -0.39 is 16.0 Å². The van der Waals surface area contributed by atoms with E-state index in [4.69, 9.17) is 5.11 Å². The Bertz CT molecular complexity index is 763. The third-order valence-electron chi connectivity index (χ3n) is 2.66. The van der Waals surface area contributed by atoms with Crippen LogP contribution in [0.25, 0.3) is 0 Å². The summed E-state index contributed by atoms with van der Waals surface area (Å²) in [6.45, 7) is 1.72. The summed E-state index contributed by atoms with van der Waals surface area (Å²) in [7, 11) is -2.01. The summed E-state index contributed by atoms with van der Waals surface area (Å²) >= 11 is 0.936. The Labute approximate surface area is 125 Å². The Morgan fingerprint density at radius 1 is 1.52 bits per heavy atom. The quantitative estimate of drug-likeness (QED) is 0.792. The van der Waals surface area contributed by atoms with Gasteiger partial charge in [-0.1, -0.05) is 0 Å². The number of sulfonamides is 1. The highest BCUT2D eigenvalue weighted by atomic mass is 32.2. The van der Waals surface area contributed by atoms with Gasteiger partial charge < -0.3 is 5.11 Å². The first-order chi connectivity index (χ1) is 9.79. The van der Waals surface area contributed by atoms with E-state index in [1.807, 2.05) is 0 Å². The van der Waals surface area contributed by atoms with Crippen LogP contribution in [0.2, 0.25) is 0 Å². The SMILES string of the molecule is Cc1sc(C(=O)O)cc1S(=O)(=O)NCCc1ncn(C)n1. The lowest BCUT2D eigenvalue weighted by Crippen LogP contribution is -2.26. The highest BCUT2D eigenvalue weighted by molar-refractivity contribution is 7.89. The maximum Gasteiger partial charge on any atom is 0.345 e. The van der Waals surface area contributed by atoms with Crippen molar-refractivity contribution in [2.75, 3.05) is 6.54 Å². The predicted octanol–water partition coefficient (Wildman–Crippen LogP) is 0.404. The average molecular weight is 330 g/mol. The summed E-state index contributed by atoms with van der Waals surface area (Å²) in [5, 5.41) is 12.9. The Balaban J connectivity index is 2.06. The van der Waals surface area contributed by atoms with Crippen LogP contribution < -0.4 is 4.72 Å². The van der Waals surface area contributed by atoms with Crippen molar-refractivity contribution in [1.82, 2.24) is 19.5 Å². The summed E-state index contributed by atoms with van der Waals surface area (Å²) in [5.74, 6) is -0.601. The number of aromatic nitrogens is 3. The van der Waals surface area contributed by atoms with Crippen LogP contribution in [0.5, 0.6) is 0 Å². The van der Waals surface area contributed by atoms with Gasteiger partial charge in [-0.05, 0) is 13.0 Å². The van der Waals surface area contributed by atoms with Gasteiger partial charge in [0.1, 0.15) is 11.2 Å². The van der Waals surface area contributed by atoms with Crippen molar-refractivity contribution in [1.29, 1.82) is 0 Å². The second-order valence-corrected chi connectivity index (χ2v) is 7.31. The molecule has 0 spiro atoms. The molecule has 114 valence electrons. The first-order valence-corrected chi connectivity index (χ1v) is 8.27. The summed E-state index contributed by atoms with van der Waals surface area (Å²) in [4.78, 5) is 15.3. The lowest BCUT2D eigenvalue weighted by atomic mass is 10.4. The van der Waals surface area contributed by atoms with Crippen LogP contribution in [0, 0.1) is 6.92 Å². The van der Waals surface area contributed by atoms with Crippen LogP contribution in [-0.4, -0.2) is 40.8 Å². The van der Waals surface area contributed by atoms with Gasteiger partial charge in [-0.3, -0.25) is 4.68 Å². The molecule has 0 amide bonds. The fourth-order valence-corrected chi connectivity index (χ4v) is 4.17. The number of carboxylic acids is 1. The van der Waals surface area contributed by atoms with Gasteiger partial charge in [0.25, 0.3) is 0 Å². The molecule has 2 rings (SSSR count). The number of nitrogens with one attached hydrogen (secondary N) is 1. The molecule has 8 nitrogen and oxygen atoms in total. The molecule has 21 heavy (non-hydrogen) atoms. The number of rotatable bonds is 6. The predicted molar refractivity (Wildman–Crippen MR) is 75.9 cm³/mol. The third kappa shape index (κ3) is 3.65. The van der Waals surface area contributed by atoms with Crippen molar-refractivity contribution < 1.29 is 18.3 Å². The average Bonchev–Trinajstić information content (AvgIpc) is 2.96. The molecular weight excluding hydrogens is 316 g/mol. The van der Waals surface area contributed by atoms with Crippen LogP contribution in [-0.2, 0) is 23.5 Å². The number of aromatic carboxylic acids is 1. The summed E-state index contributed by atoms with van der Waals surface area (Å²) < 4.78 is 28.2. The van der Waals surface area contributed by atoms with E-state index in [1.54, 1.807) is 14.0 Å². The van der Waals surface area contributed by atoms with Gasteiger partial charge in [0, 0.05) is 24.9 Å². The van der Waals surface area contributed by atoms with Gasteiger partial charge in [-0.2, -0.15) is 5.10 Å². The van der Waals surface area contributed by atoms with Crippen LogP contribution in [0.4, 0.5) is 0 Å². The molecule has 2 N–H and O–H groups in total. The molecule has 0 unspecified atom stereocenters. The van der Waals surface area contributed by atoms with E-state index >= 15 is 0 Å². The van der Waals surface area contributed by atoms with Gasteiger partial charge in [0.05, 0.1) is 4.90 Å². The maximum atomic E-state index is 12.1. The number of nitrogens with zero attached hydrogens (tertiary/aromatic N) is 3. The van der Waals surface area contributed by atoms with E-state index in [0.717, 1.165) is 11.3 Å². The van der Waals surface area contributed by atoms with E-state index in [1.165, 1.54) is 17.1 Å². The summed E-state index contributed by atoms with van der Waals surface area (Å²) in [6.07, 6.45) is 1.89. The molecule has 0 aliphatic heterocycles. The minimum Gasteiger partial charge on any atom is -0.477 e. The van der Waals surface area contributed by atoms with Crippen molar-refractivity contribution in [2.45, 2.75) is 18.2 Å². The standard InChI is InChI=1S/C11H14N4O4S2/c1-7-9(5-8(20-7)11(16)17)21(18,19)13-4-3-10-12-6-15(2)14-10/h5-6,13H,3-4H2,1-2H3,(H,16,17). The Kier molecular flexibility index (Phi) is 4.40. The molecule has 0 atom stereocenters. The minimum atomic E-state index is -3.73. The first kappa shape index (κ1) is 15.6. The van der Waals surface area contributed by atoms with Gasteiger partial charge in [-0.15, -0.1) is 11.3 Å². The molecule has 0 fully saturated rings. The molecule has 0 saturated heterocycles. The number of carboxylic acid groups (broad SMARTS) is 1. The smallest absolute Gasteiger partial charge is 0.345 e. The van der Waals surface area contributed by atoms with Crippen LogP contribution in [0.1, 0.15) is 20.4 Å². The first-order valence-electron chi connectivity index (χ1n) is 5.97. The summed E-state index contributed by atoms with van der Waals surface area (Å²) in [6, 6.07) is 1.17.